The number of hydrogen-bond acceptors (Lipinski definition) is 2. The minimum absolute atomic E-state index is 0.166. The number of hydrogen-bond donors (Lipinski definition) is 0. The number of rotatable bonds is 4. The van der Waals surface area contributed by atoms with E-state index in [-0.39, 0.29) is 5.91 Å². The molecule has 94 valence electrons. The molecule has 0 aliphatic carbocycles. The van der Waals surface area contributed by atoms with Crippen LogP contribution in [0.5, 0.6) is 5.75 Å². The predicted octanol–water partition coefficient (Wildman–Crippen LogP) is 2.84. The summed E-state index contributed by atoms with van der Waals surface area (Å²) in [6.07, 6.45) is 5.22. The van der Waals surface area contributed by atoms with Gasteiger partial charge in [0, 0.05) is 19.2 Å². The van der Waals surface area contributed by atoms with Crippen LogP contribution >= 0.6 is 0 Å². The van der Waals surface area contributed by atoms with Gasteiger partial charge in [-0.1, -0.05) is 18.7 Å². The first-order valence-corrected chi connectivity index (χ1v) is 6.03. The van der Waals surface area contributed by atoms with Crippen LogP contribution in [0.2, 0.25) is 0 Å². The van der Waals surface area contributed by atoms with Crippen LogP contribution in [0.15, 0.2) is 43.0 Å². The molecule has 1 aromatic rings. The number of allylic oxidation sites excluding steroid dienone is 1. The standard InChI is InChI=1S/C15H17NO2/c1-3-11-18-13-9-7-12(8-10-13)14-5-4-6-15(17)16(14)2/h3,5,7-10H,1,4,6,11H2,2H3. The van der Waals surface area contributed by atoms with Gasteiger partial charge in [0.1, 0.15) is 12.4 Å². The molecule has 1 aliphatic heterocycles. The summed E-state index contributed by atoms with van der Waals surface area (Å²) in [5.74, 6) is 0.975. The van der Waals surface area contributed by atoms with Crippen LogP contribution in [0.25, 0.3) is 5.70 Å². The Morgan fingerprint density at radius 3 is 2.78 bits per heavy atom. The first-order valence-electron chi connectivity index (χ1n) is 6.03. The Morgan fingerprint density at radius 1 is 1.39 bits per heavy atom. The normalized spacial score (nSPS) is 15.3. The number of ether oxygens (including phenoxy) is 1. The molecule has 1 aliphatic rings. The van der Waals surface area contributed by atoms with E-state index < -0.39 is 0 Å². The molecule has 0 saturated carbocycles. The zero-order chi connectivity index (χ0) is 13.0. The largest absolute Gasteiger partial charge is 0.490 e. The van der Waals surface area contributed by atoms with Crippen molar-refractivity contribution in [2.75, 3.05) is 13.7 Å². The fraction of sp³-hybridized carbons (Fsp3) is 0.267. The van der Waals surface area contributed by atoms with Gasteiger partial charge < -0.3 is 9.64 Å². The Morgan fingerprint density at radius 2 is 2.11 bits per heavy atom. The summed E-state index contributed by atoms with van der Waals surface area (Å²) in [5, 5.41) is 0. The smallest absolute Gasteiger partial charge is 0.227 e. The van der Waals surface area contributed by atoms with Gasteiger partial charge in [-0.2, -0.15) is 0 Å². The average Bonchev–Trinajstić information content (AvgIpc) is 2.40. The fourth-order valence-electron chi connectivity index (χ4n) is 1.96. The van der Waals surface area contributed by atoms with E-state index in [9.17, 15) is 4.79 Å². The summed E-state index contributed by atoms with van der Waals surface area (Å²) >= 11 is 0. The van der Waals surface area contributed by atoms with E-state index in [2.05, 4.69) is 12.7 Å². The predicted molar refractivity (Wildman–Crippen MR) is 72.1 cm³/mol. The molecule has 0 radical (unpaired) electrons. The fourth-order valence-corrected chi connectivity index (χ4v) is 1.96. The second-order valence-corrected chi connectivity index (χ2v) is 4.20. The molecule has 3 heteroatoms. The van der Waals surface area contributed by atoms with Crippen LogP contribution < -0.4 is 4.74 Å². The minimum atomic E-state index is 0.166. The van der Waals surface area contributed by atoms with Crippen molar-refractivity contribution < 1.29 is 9.53 Å². The summed E-state index contributed by atoms with van der Waals surface area (Å²) < 4.78 is 5.43. The van der Waals surface area contributed by atoms with Gasteiger partial charge in [-0.3, -0.25) is 4.79 Å². The van der Waals surface area contributed by atoms with E-state index >= 15 is 0 Å². The van der Waals surface area contributed by atoms with Crippen LogP contribution in [0.3, 0.4) is 0 Å². The highest BCUT2D eigenvalue weighted by Gasteiger charge is 2.18. The van der Waals surface area contributed by atoms with Crippen LogP contribution in [-0.2, 0) is 4.79 Å². The first-order chi connectivity index (χ1) is 8.72. The molecule has 0 aromatic heterocycles. The molecular weight excluding hydrogens is 226 g/mol. The van der Waals surface area contributed by atoms with Gasteiger partial charge in [-0.05, 0) is 36.2 Å². The van der Waals surface area contributed by atoms with E-state index in [1.54, 1.807) is 11.0 Å². The topological polar surface area (TPSA) is 29.5 Å². The maximum Gasteiger partial charge on any atom is 0.227 e. The van der Waals surface area contributed by atoms with Crippen LogP contribution in [0.1, 0.15) is 18.4 Å². The van der Waals surface area contributed by atoms with Gasteiger partial charge >= 0.3 is 0 Å². The average molecular weight is 243 g/mol. The number of nitrogens with zero attached hydrogens (tertiary/aromatic N) is 1. The van der Waals surface area contributed by atoms with E-state index in [1.807, 2.05) is 31.3 Å². The number of benzene rings is 1. The number of carbonyl (C=O) groups is 1. The van der Waals surface area contributed by atoms with E-state index in [1.165, 1.54) is 0 Å². The van der Waals surface area contributed by atoms with Crippen molar-refractivity contribution in [3.05, 3.63) is 48.6 Å². The SMILES string of the molecule is C=CCOc1ccc(C2=CCCC(=O)N2C)cc1. The molecule has 0 bridgehead atoms. The Hall–Kier alpha value is -2.03. The number of carbonyl (C=O) groups excluding carboxylic acids is 1. The summed E-state index contributed by atoms with van der Waals surface area (Å²) in [5.41, 5.74) is 2.01. The van der Waals surface area contributed by atoms with Gasteiger partial charge in [0.2, 0.25) is 5.91 Å². The lowest BCUT2D eigenvalue weighted by molar-refractivity contribution is -0.127. The van der Waals surface area contributed by atoms with E-state index in [4.69, 9.17) is 4.74 Å². The lowest BCUT2D eigenvalue weighted by Gasteiger charge is -2.24. The molecule has 3 nitrogen and oxygen atoms in total. The molecule has 0 saturated heterocycles. The van der Waals surface area contributed by atoms with E-state index in [0.717, 1.165) is 23.4 Å². The van der Waals surface area contributed by atoms with Gasteiger partial charge in [0.05, 0.1) is 0 Å². The maximum absolute atomic E-state index is 11.6. The molecule has 0 spiro atoms. The Balaban J connectivity index is 2.16. The zero-order valence-electron chi connectivity index (χ0n) is 10.6. The monoisotopic (exact) mass is 243 g/mol. The third kappa shape index (κ3) is 2.62. The molecule has 1 amide bonds. The molecule has 0 unspecified atom stereocenters. The third-order valence-electron chi connectivity index (χ3n) is 2.95. The van der Waals surface area contributed by atoms with E-state index in [0.29, 0.717) is 13.0 Å². The van der Waals surface area contributed by atoms with Gasteiger partial charge in [-0.25, -0.2) is 0 Å². The molecule has 1 aromatic carbocycles. The zero-order valence-corrected chi connectivity index (χ0v) is 10.6. The molecule has 2 rings (SSSR count). The summed E-state index contributed by atoms with van der Waals surface area (Å²) in [6.45, 7) is 4.11. The highest BCUT2D eigenvalue weighted by atomic mass is 16.5. The van der Waals surface area contributed by atoms with Crippen LogP contribution in [0, 0.1) is 0 Å². The summed E-state index contributed by atoms with van der Waals surface area (Å²) in [7, 11) is 1.81. The van der Waals surface area contributed by atoms with Crippen molar-refractivity contribution in [2.45, 2.75) is 12.8 Å². The van der Waals surface area contributed by atoms with Crippen molar-refractivity contribution in [3.8, 4) is 5.75 Å². The second kappa shape index (κ2) is 5.54. The van der Waals surface area contributed by atoms with Crippen molar-refractivity contribution in [2.24, 2.45) is 0 Å². The van der Waals surface area contributed by atoms with Gasteiger partial charge in [0.25, 0.3) is 0 Å². The Labute approximate surface area is 107 Å². The third-order valence-corrected chi connectivity index (χ3v) is 2.95. The first kappa shape index (κ1) is 12.4. The Bertz CT molecular complexity index is 474. The maximum atomic E-state index is 11.6. The molecule has 0 N–H and O–H groups in total. The van der Waals surface area contributed by atoms with Crippen molar-refractivity contribution in [3.63, 3.8) is 0 Å². The number of amides is 1. The van der Waals surface area contributed by atoms with Gasteiger partial charge in [0.15, 0.2) is 0 Å². The molecule has 0 atom stereocenters. The lowest BCUT2D eigenvalue weighted by atomic mass is 10.1. The van der Waals surface area contributed by atoms with Crippen LogP contribution in [-0.4, -0.2) is 24.5 Å². The molecule has 18 heavy (non-hydrogen) atoms. The lowest BCUT2D eigenvalue weighted by Crippen LogP contribution is -2.27. The Kier molecular flexibility index (Phi) is 3.82. The van der Waals surface area contributed by atoms with Crippen molar-refractivity contribution >= 4 is 11.6 Å². The van der Waals surface area contributed by atoms with Crippen molar-refractivity contribution in [1.82, 2.24) is 4.90 Å². The molecular formula is C15H17NO2. The van der Waals surface area contributed by atoms with Crippen molar-refractivity contribution in [1.29, 1.82) is 0 Å². The highest BCUT2D eigenvalue weighted by Crippen LogP contribution is 2.25. The highest BCUT2D eigenvalue weighted by molar-refractivity contribution is 5.88. The quantitative estimate of drug-likeness (QED) is 0.761. The van der Waals surface area contributed by atoms with Crippen LogP contribution in [0.4, 0.5) is 0 Å². The summed E-state index contributed by atoms with van der Waals surface area (Å²) in [4.78, 5) is 13.3. The molecule has 1 heterocycles. The summed E-state index contributed by atoms with van der Waals surface area (Å²) in [6, 6.07) is 7.76. The van der Waals surface area contributed by atoms with Gasteiger partial charge in [-0.15, -0.1) is 0 Å². The minimum Gasteiger partial charge on any atom is -0.490 e. The molecule has 0 fully saturated rings. The second-order valence-electron chi connectivity index (χ2n) is 4.20.